The maximum Gasteiger partial charge on any atom is 0.244 e. The van der Waals surface area contributed by atoms with Crippen molar-refractivity contribution in [2.45, 2.75) is 10.9 Å². The van der Waals surface area contributed by atoms with E-state index in [0.717, 1.165) is 5.56 Å². The Balaban J connectivity index is 1.91. The fraction of sp³-hybridized carbons (Fsp3) is 0.154. The smallest absolute Gasteiger partial charge is 0.244 e. The number of sulfonamides is 1. The molecule has 2 aromatic rings. The number of hydrogen-bond donors (Lipinski definition) is 2. The van der Waals surface area contributed by atoms with Crippen molar-refractivity contribution in [3.8, 4) is 5.75 Å². The Kier molecular flexibility index (Phi) is 3.07. The highest BCUT2D eigenvalue weighted by Crippen LogP contribution is 2.33. The molecule has 6 nitrogen and oxygen atoms in total. The standard InChI is InChI=1S/C13H13N3O3S/c14-10-5-6-15-7-13(10)20(17,18)16-11-8-19-12-4-2-1-3-9(11)12/h1-7,11,16H,8H2,(H2,14,15). The minimum absolute atomic E-state index is 0.0237. The molecule has 1 aliphatic heterocycles. The second-order valence-corrected chi connectivity index (χ2v) is 6.12. The molecule has 3 N–H and O–H groups in total. The van der Waals surface area contributed by atoms with E-state index in [1.807, 2.05) is 24.3 Å². The van der Waals surface area contributed by atoms with Gasteiger partial charge in [0.2, 0.25) is 10.0 Å². The van der Waals surface area contributed by atoms with Gasteiger partial charge in [-0.15, -0.1) is 0 Å². The summed E-state index contributed by atoms with van der Waals surface area (Å²) in [6, 6.07) is 8.36. The van der Waals surface area contributed by atoms with Crippen molar-refractivity contribution in [1.82, 2.24) is 9.71 Å². The molecule has 1 aliphatic rings. The summed E-state index contributed by atoms with van der Waals surface area (Å²) >= 11 is 0. The van der Waals surface area contributed by atoms with Crippen LogP contribution in [0.3, 0.4) is 0 Å². The van der Waals surface area contributed by atoms with E-state index in [1.165, 1.54) is 18.5 Å². The van der Waals surface area contributed by atoms with Gasteiger partial charge in [0.1, 0.15) is 17.3 Å². The Morgan fingerprint density at radius 1 is 1.30 bits per heavy atom. The summed E-state index contributed by atoms with van der Waals surface area (Å²) in [5.41, 5.74) is 6.67. The van der Waals surface area contributed by atoms with Gasteiger partial charge in [-0.25, -0.2) is 8.42 Å². The number of para-hydroxylation sites is 1. The Labute approximate surface area is 116 Å². The molecule has 7 heteroatoms. The zero-order chi connectivity index (χ0) is 14.2. The Bertz CT molecular complexity index is 746. The van der Waals surface area contributed by atoms with Crippen LogP contribution in [0.2, 0.25) is 0 Å². The van der Waals surface area contributed by atoms with Gasteiger partial charge in [0.15, 0.2) is 0 Å². The molecule has 3 rings (SSSR count). The van der Waals surface area contributed by atoms with Crippen LogP contribution >= 0.6 is 0 Å². The largest absolute Gasteiger partial charge is 0.491 e. The normalized spacial score (nSPS) is 17.5. The molecular weight excluding hydrogens is 278 g/mol. The van der Waals surface area contributed by atoms with E-state index in [1.54, 1.807) is 0 Å². The zero-order valence-electron chi connectivity index (χ0n) is 10.5. The van der Waals surface area contributed by atoms with Gasteiger partial charge in [0, 0.05) is 18.0 Å². The van der Waals surface area contributed by atoms with Gasteiger partial charge in [0.05, 0.1) is 11.7 Å². The number of nitrogens with two attached hydrogens (primary N) is 1. The number of anilines is 1. The average Bonchev–Trinajstić information content (AvgIpc) is 2.82. The molecule has 0 saturated heterocycles. The van der Waals surface area contributed by atoms with Crippen molar-refractivity contribution in [2.75, 3.05) is 12.3 Å². The summed E-state index contributed by atoms with van der Waals surface area (Å²) in [4.78, 5) is 3.78. The lowest BCUT2D eigenvalue weighted by atomic mass is 10.1. The number of hydrogen-bond acceptors (Lipinski definition) is 5. The monoisotopic (exact) mass is 291 g/mol. The number of nitrogens with one attached hydrogen (secondary N) is 1. The predicted octanol–water partition coefficient (Wildman–Crippen LogP) is 1.08. The topological polar surface area (TPSA) is 94.3 Å². The minimum atomic E-state index is -3.73. The van der Waals surface area contributed by atoms with Crippen LogP contribution in [0.25, 0.3) is 0 Å². The second-order valence-electron chi connectivity index (χ2n) is 4.44. The van der Waals surface area contributed by atoms with Gasteiger partial charge in [0.25, 0.3) is 0 Å². The van der Waals surface area contributed by atoms with Gasteiger partial charge in [-0.3, -0.25) is 4.98 Å². The van der Waals surface area contributed by atoms with Gasteiger partial charge < -0.3 is 10.5 Å². The van der Waals surface area contributed by atoms with Crippen LogP contribution in [0.15, 0.2) is 47.6 Å². The number of pyridine rings is 1. The maximum absolute atomic E-state index is 12.3. The first-order valence-corrected chi connectivity index (χ1v) is 7.50. The average molecular weight is 291 g/mol. The van der Waals surface area contributed by atoms with Crippen LogP contribution in [0.5, 0.6) is 5.75 Å². The van der Waals surface area contributed by atoms with Crippen LogP contribution in [-0.4, -0.2) is 20.0 Å². The van der Waals surface area contributed by atoms with Crippen LogP contribution in [0.4, 0.5) is 5.69 Å². The van der Waals surface area contributed by atoms with Crippen LogP contribution in [-0.2, 0) is 10.0 Å². The summed E-state index contributed by atoms with van der Waals surface area (Å²) in [6.07, 6.45) is 2.68. The number of nitrogens with zero attached hydrogens (tertiary/aromatic N) is 1. The molecular formula is C13H13N3O3S. The number of fused-ring (bicyclic) bond motifs is 1. The molecule has 0 fully saturated rings. The molecule has 1 aromatic heterocycles. The quantitative estimate of drug-likeness (QED) is 0.882. The molecule has 0 radical (unpaired) electrons. The number of benzene rings is 1. The summed E-state index contributed by atoms with van der Waals surface area (Å²) in [5.74, 6) is 0.694. The molecule has 1 aromatic carbocycles. The predicted molar refractivity (Wildman–Crippen MR) is 73.6 cm³/mol. The lowest BCUT2D eigenvalue weighted by Gasteiger charge is -2.13. The summed E-state index contributed by atoms with van der Waals surface area (Å²) in [6.45, 7) is 0.263. The molecule has 2 heterocycles. The molecule has 0 bridgehead atoms. The van der Waals surface area contributed by atoms with Gasteiger partial charge in [-0.2, -0.15) is 4.72 Å². The third-order valence-corrected chi connectivity index (χ3v) is 4.62. The maximum atomic E-state index is 12.3. The molecule has 20 heavy (non-hydrogen) atoms. The van der Waals surface area contributed by atoms with E-state index < -0.39 is 16.1 Å². The second kappa shape index (κ2) is 4.77. The van der Waals surface area contributed by atoms with Crippen LogP contribution in [0, 0.1) is 0 Å². The highest BCUT2D eigenvalue weighted by Gasteiger charge is 2.29. The van der Waals surface area contributed by atoms with E-state index in [0.29, 0.717) is 5.75 Å². The van der Waals surface area contributed by atoms with Crippen molar-refractivity contribution in [2.24, 2.45) is 0 Å². The number of ether oxygens (including phenoxy) is 1. The first kappa shape index (κ1) is 12.9. The van der Waals surface area contributed by atoms with Crippen LogP contribution in [0.1, 0.15) is 11.6 Å². The summed E-state index contributed by atoms with van der Waals surface area (Å²) < 4.78 is 32.7. The minimum Gasteiger partial charge on any atom is -0.491 e. The van der Waals surface area contributed by atoms with Gasteiger partial charge in [-0.05, 0) is 12.1 Å². The Morgan fingerprint density at radius 3 is 2.90 bits per heavy atom. The molecule has 0 spiro atoms. The lowest BCUT2D eigenvalue weighted by molar-refractivity contribution is 0.325. The van der Waals surface area contributed by atoms with Gasteiger partial charge >= 0.3 is 0 Å². The van der Waals surface area contributed by atoms with Crippen molar-refractivity contribution >= 4 is 15.7 Å². The van der Waals surface area contributed by atoms with Gasteiger partial charge in [-0.1, -0.05) is 18.2 Å². The van der Waals surface area contributed by atoms with E-state index in [4.69, 9.17) is 10.5 Å². The van der Waals surface area contributed by atoms with E-state index in [2.05, 4.69) is 9.71 Å². The first-order valence-electron chi connectivity index (χ1n) is 6.01. The number of aromatic nitrogens is 1. The molecule has 0 saturated carbocycles. The van der Waals surface area contributed by atoms with E-state index >= 15 is 0 Å². The highest BCUT2D eigenvalue weighted by molar-refractivity contribution is 7.89. The fourth-order valence-electron chi connectivity index (χ4n) is 2.13. The van der Waals surface area contributed by atoms with Crippen molar-refractivity contribution in [3.63, 3.8) is 0 Å². The van der Waals surface area contributed by atoms with Crippen molar-refractivity contribution in [1.29, 1.82) is 0 Å². The molecule has 1 atom stereocenters. The molecule has 0 aliphatic carbocycles. The van der Waals surface area contributed by atoms with E-state index in [-0.39, 0.29) is 17.2 Å². The zero-order valence-corrected chi connectivity index (χ0v) is 11.3. The van der Waals surface area contributed by atoms with Crippen molar-refractivity contribution < 1.29 is 13.2 Å². The summed E-state index contributed by atoms with van der Waals surface area (Å²) in [5, 5.41) is 0. The number of rotatable bonds is 3. The Hall–Kier alpha value is -2.12. The summed E-state index contributed by atoms with van der Waals surface area (Å²) in [7, 11) is -3.73. The third-order valence-electron chi connectivity index (χ3n) is 3.10. The Morgan fingerprint density at radius 2 is 2.10 bits per heavy atom. The number of nitrogen functional groups attached to an aromatic ring is 1. The van der Waals surface area contributed by atoms with Crippen molar-refractivity contribution in [3.05, 3.63) is 48.3 Å². The van der Waals surface area contributed by atoms with Crippen LogP contribution < -0.4 is 15.2 Å². The fourth-order valence-corrected chi connectivity index (χ4v) is 3.40. The SMILES string of the molecule is Nc1ccncc1S(=O)(=O)NC1COc2ccccc21. The lowest BCUT2D eigenvalue weighted by Crippen LogP contribution is -2.30. The molecule has 1 unspecified atom stereocenters. The first-order chi connectivity index (χ1) is 9.58. The molecule has 104 valence electrons. The van der Waals surface area contributed by atoms with E-state index in [9.17, 15) is 8.42 Å². The molecule has 0 amide bonds. The third kappa shape index (κ3) is 2.21. The highest BCUT2D eigenvalue weighted by atomic mass is 32.2.